The highest BCUT2D eigenvalue weighted by molar-refractivity contribution is 7.89. The summed E-state index contributed by atoms with van der Waals surface area (Å²) in [5, 5.41) is 2.78. The third-order valence-electron chi connectivity index (χ3n) is 5.29. The van der Waals surface area contributed by atoms with E-state index in [1.165, 1.54) is 16.4 Å². The van der Waals surface area contributed by atoms with Crippen molar-refractivity contribution < 1.29 is 13.2 Å². The van der Waals surface area contributed by atoms with Gasteiger partial charge in [-0.1, -0.05) is 24.6 Å². The number of benzene rings is 2. The molecule has 2 aromatic carbocycles. The summed E-state index contributed by atoms with van der Waals surface area (Å²) in [5.41, 5.74) is 3.34. The second-order valence-corrected chi connectivity index (χ2v) is 9.49. The number of rotatable bonds is 5. The Morgan fingerprint density at radius 2 is 1.81 bits per heavy atom. The molecule has 1 aliphatic rings. The predicted octanol–water partition coefficient (Wildman–Crippen LogP) is 3.76. The van der Waals surface area contributed by atoms with E-state index < -0.39 is 10.0 Å². The van der Waals surface area contributed by atoms with Gasteiger partial charge in [0.15, 0.2) is 0 Å². The average molecular weight is 437 g/mol. The number of anilines is 1. The number of piperidine rings is 1. The molecule has 0 spiro atoms. The molecule has 1 N–H and O–H groups in total. The number of carbonyl (C=O) groups excluding carboxylic acids is 1. The molecule has 160 valence electrons. The molecule has 1 fully saturated rings. The first-order chi connectivity index (χ1) is 14.9. The van der Waals surface area contributed by atoms with Crippen molar-refractivity contribution in [3.63, 3.8) is 0 Å². The van der Waals surface area contributed by atoms with Crippen molar-refractivity contribution in [2.24, 2.45) is 0 Å². The molecule has 1 saturated heterocycles. The smallest absolute Gasteiger partial charge is 0.248 e. The van der Waals surface area contributed by atoms with Gasteiger partial charge in [-0.25, -0.2) is 13.4 Å². The fourth-order valence-electron chi connectivity index (χ4n) is 3.54. The summed E-state index contributed by atoms with van der Waals surface area (Å²) in [6.07, 6.45) is 7.34. The van der Waals surface area contributed by atoms with Crippen LogP contribution in [0.3, 0.4) is 0 Å². The number of para-hydroxylation sites is 2. The van der Waals surface area contributed by atoms with Crippen LogP contribution in [0.25, 0.3) is 17.1 Å². The zero-order chi connectivity index (χ0) is 21.8. The number of fused-ring (bicyclic) bond motifs is 1. The summed E-state index contributed by atoms with van der Waals surface area (Å²) >= 11 is 0. The van der Waals surface area contributed by atoms with Crippen LogP contribution in [0.5, 0.6) is 0 Å². The molecule has 0 radical (unpaired) electrons. The number of nitrogens with zero attached hydrogens (tertiary/aromatic N) is 3. The van der Waals surface area contributed by atoms with Crippen LogP contribution in [0.2, 0.25) is 0 Å². The van der Waals surface area contributed by atoms with Gasteiger partial charge in [0.1, 0.15) is 0 Å². The van der Waals surface area contributed by atoms with Crippen molar-refractivity contribution in [2.75, 3.05) is 18.4 Å². The van der Waals surface area contributed by atoms with Crippen LogP contribution < -0.4 is 5.32 Å². The molecule has 8 heteroatoms. The van der Waals surface area contributed by atoms with Crippen molar-refractivity contribution >= 4 is 38.7 Å². The minimum absolute atomic E-state index is 0.194. The lowest BCUT2D eigenvalue weighted by molar-refractivity contribution is -0.111. The Morgan fingerprint density at radius 3 is 2.58 bits per heavy atom. The fourth-order valence-corrected chi connectivity index (χ4v) is 5.08. The van der Waals surface area contributed by atoms with Gasteiger partial charge in [0.2, 0.25) is 15.9 Å². The number of aromatic nitrogens is 2. The molecule has 31 heavy (non-hydrogen) atoms. The van der Waals surface area contributed by atoms with Crippen molar-refractivity contribution in [2.45, 2.75) is 31.1 Å². The summed E-state index contributed by atoms with van der Waals surface area (Å²) < 4.78 is 27.4. The van der Waals surface area contributed by atoms with Gasteiger partial charge in [0.05, 0.1) is 27.8 Å². The molecule has 0 aliphatic carbocycles. The van der Waals surface area contributed by atoms with Gasteiger partial charge >= 0.3 is 0 Å². The Labute approximate surface area is 181 Å². The zero-order valence-electron chi connectivity index (χ0n) is 17.3. The topological polar surface area (TPSA) is 92.3 Å². The van der Waals surface area contributed by atoms with E-state index in [4.69, 9.17) is 0 Å². The van der Waals surface area contributed by atoms with Crippen molar-refractivity contribution in [3.8, 4) is 0 Å². The van der Waals surface area contributed by atoms with Gasteiger partial charge in [-0.3, -0.25) is 9.78 Å². The Kier molecular flexibility index (Phi) is 6.11. The fraction of sp³-hybridized carbons (Fsp3) is 0.261. The van der Waals surface area contributed by atoms with E-state index in [0.29, 0.717) is 24.5 Å². The third kappa shape index (κ3) is 4.81. The second kappa shape index (κ2) is 8.95. The zero-order valence-corrected chi connectivity index (χ0v) is 18.1. The summed E-state index contributed by atoms with van der Waals surface area (Å²) in [5.74, 6) is -0.370. The van der Waals surface area contributed by atoms with Gasteiger partial charge in [0.25, 0.3) is 0 Å². The van der Waals surface area contributed by atoms with Crippen LogP contribution in [0.4, 0.5) is 5.69 Å². The molecule has 1 amide bonds. The molecule has 0 atom stereocenters. The molecule has 1 aromatic heterocycles. The van der Waals surface area contributed by atoms with Gasteiger partial charge < -0.3 is 5.32 Å². The quantitative estimate of drug-likeness (QED) is 0.615. The Balaban J connectivity index is 1.50. The number of sulfonamides is 1. The van der Waals surface area contributed by atoms with Crippen LogP contribution in [0, 0.1) is 6.92 Å². The predicted molar refractivity (Wildman–Crippen MR) is 121 cm³/mol. The summed E-state index contributed by atoms with van der Waals surface area (Å²) in [7, 11) is -3.57. The van der Waals surface area contributed by atoms with Crippen LogP contribution >= 0.6 is 0 Å². The van der Waals surface area contributed by atoms with E-state index in [1.807, 2.05) is 31.2 Å². The maximum atomic E-state index is 12.9. The van der Waals surface area contributed by atoms with Crippen LogP contribution in [0.1, 0.15) is 30.5 Å². The highest BCUT2D eigenvalue weighted by Crippen LogP contribution is 2.25. The molecule has 0 bridgehead atoms. The maximum Gasteiger partial charge on any atom is 0.248 e. The Morgan fingerprint density at radius 1 is 1.06 bits per heavy atom. The third-order valence-corrected chi connectivity index (χ3v) is 7.19. The number of amides is 1. The van der Waals surface area contributed by atoms with Crippen LogP contribution in [-0.2, 0) is 14.8 Å². The molecular weight excluding hydrogens is 412 g/mol. The second-order valence-electron chi connectivity index (χ2n) is 7.55. The number of hydrogen-bond donors (Lipinski definition) is 1. The molecule has 7 nitrogen and oxygen atoms in total. The van der Waals surface area contributed by atoms with Crippen molar-refractivity contribution in [1.82, 2.24) is 14.3 Å². The summed E-state index contributed by atoms with van der Waals surface area (Å²) in [6.45, 7) is 2.90. The first-order valence-corrected chi connectivity index (χ1v) is 11.7. The summed E-state index contributed by atoms with van der Waals surface area (Å²) in [4.78, 5) is 21.4. The molecule has 2 heterocycles. The summed E-state index contributed by atoms with van der Waals surface area (Å²) in [6, 6.07) is 12.3. The van der Waals surface area contributed by atoms with E-state index >= 15 is 0 Å². The lowest BCUT2D eigenvalue weighted by Crippen LogP contribution is -2.35. The lowest BCUT2D eigenvalue weighted by Gasteiger charge is -2.26. The molecule has 3 aromatic rings. The number of aryl methyl sites for hydroxylation is 1. The van der Waals surface area contributed by atoms with Crippen molar-refractivity contribution in [3.05, 3.63) is 66.0 Å². The highest BCUT2D eigenvalue weighted by Gasteiger charge is 2.26. The first-order valence-electron chi connectivity index (χ1n) is 10.3. The molecule has 0 unspecified atom stereocenters. The van der Waals surface area contributed by atoms with Crippen LogP contribution in [0.15, 0.2) is 59.6 Å². The number of hydrogen-bond acceptors (Lipinski definition) is 5. The maximum absolute atomic E-state index is 12.9. The lowest BCUT2D eigenvalue weighted by atomic mass is 10.2. The molecule has 4 rings (SSSR count). The normalized spacial score (nSPS) is 15.4. The van der Waals surface area contributed by atoms with Gasteiger partial charge in [-0.15, -0.1) is 0 Å². The van der Waals surface area contributed by atoms with Gasteiger partial charge in [-0.2, -0.15) is 4.31 Å². The monoisotopic (exact) mass is 436 g/mol. The van der Waals surface area contributed by atoms with Gasteiger partial charge in [-0.05, 0) is 55.7 Å². The Bertz CT molecular complexity index is 1250. The van der Waals surface area contributed by atoms with E-state index in [-0.39, 0.29) is 10.8 Å². The minimum atomic E-state index is -3.57. The van der Waals surface area contributed by atoms with Crippen molar-refractivity contribution in [1.29, 1.82) is 0 Å². The number of nitrogens with one attached hydrogen (secondary N) is 1. The molecular formula is C23H24N4O3S. The average Bonchev–Trinajstić information content (AvgIpc) is 2.79. The SMILES string of the molecule is Cc1ccc(S(=O)(=O)N2CCCCC2)cc1NC(=O)C=Cc1cnc2ccccc2n1. The minimum Gasteiger partial charge on any atom is -0.322 e. The van der Waals surface area contributed by atoms with E-state index in [0.717, 1.165) is 35.9 Å². The van der Waals surface area contributed by atoms with E-state index in [2.05, 4.69) is 15.3 Å². The van der Waals surface area contributed by atoms with Crippen LogP contribution in [-0.4, -0.2) is 41.7 Å². The largest absolute Gasteiger partial charge is 0.322 e. The molecule has 0 saturated carbocycles. The van der Waals surface area contributed by atoms with E-state index in [1.54, 1.807) is 24.4 Å². The van der Waals surface area contributed by atoms with E-state index in [9.17, 15) is 13.2 Å². The molecule has 1 aliphatic heterocycles. The highest BCUT2D eigenvalue weighted by atomic mass is 32.2. The first kappa shape index (κ1) is 21.1. The number of carbonyl (C=O) groups is 1. The Hall–Kier alpha value is -3.10. The standard InChI is InChI=1S/C23H24N4O3S/c1-17-9-11-19(31(29,30)27-13-5-2-6-14-27)15-22(17)26-23(28)12-10-18-16-24-20-7-3-4-8-21(20)25-18/h3-4,7-12,15-16H,2,5-6,13-14H2,1H3,(H,26,28). The van der Waals surface area contributed by atoms with Gasteiger partial charge in [0, 0.05) is 24.9 Å².